The largest absolute Gasteiger partial charge is 0.317 e. The fourth-order valence-corrected chi connectivity index (χ4v) is 2.65. The Morgan fingerprint density at radius 1 is 1.44 bits per heavy atom. The Morgan fingerprint density at radius 3 is 2.75 bits per heavy atom. The van der Waals surface area contributed by atoms with Crippen molar-refractivity contribution in [3.63, 3.8) is 0 Å². The summed E-state index contributed by atoms with van der Waals surface area (Å²) in [5, 5.41) is 3.27. The van der Waals surface area contributed by atoms with Gasteiger partial charge in [-0.1, -0.05) is 15.9 Å². The molecule has 0 radical (unpaired) electrons. The molecule has 1 N–H and O–H groups in total. The molecule has 4 heteroatoms. The number of hydrogen-bond donors (Lipinski definition) is 1. The van der Waals surface area contributed by atoms with Crippen LogP contribution in [0.1, 0.15) is 12.0 Å². The molecule has 0 spiro atoms. The molecular formula is C12H17BrFNS. The van der Waals surface area contributed by atoms with E-state index in [1.54, 1.807) is 6.07 Å². The highest BCUT2D eigenvalue weighted by Crippen LogP contribution is 2.17. The summed E-state index contributed by atoms with van der Waals surface area (Å²) in [6.45, 7) is 0. The van der Waals surface area contributed by atoms with Crippen molar-refractivity contribution in [2.45, 2.75) is 18.9 Å². The van der Waals surface area contributed by atoms with E-state index in [0.29, 0.717) is 6.04 Å². The fraction of sp³-hybridized carbons (Fsp3) is 0.500. The Kier molecular flexibility index (Phi) is 6.39. The van der Waals surface area contributed by atoms with E-state index in [1.165, 1.54) is 6.07 Å². The smallest absolute Gasteiger partial charge is 0.124 e. The molecule has 1 unspecified atom stereocenters. The van der Waals surface area contributed by atoms with Crippen LogP contribution in [-0.4, -0.2) is 25.1 Å². The average Bonchev–Trinajstić information content (AvgIpc) is 2.22. The van der Waals surface area contributed by atoms with Gasteiger partial charge in [-0.2, -0.15) is 11.8 Å². The van der Waals surface area contributed by atoms with Crippen molar-refractivity contribution in [1.82, 2.24) is 5.32 Å². The lowest BCUT2D eigenvalue weighted by molar-refractivity contribution is 0.544. The van der Waals surface area contributed by atoms with Crippen molar-refractivity contribution >= 4 is 27.7 Å². The van der Waals surface area contributed by atoms with Gasteiger partial charge in [-0.25, -0.2) is 4.39 Å². The molecule has 1 atom stereocenters. The molecule has 1 rings (SSSR count). The molecule has 0 fully saturated rings. The maximum absolute atomic E-state index is 13.2. The standard InChI is InChI=1S/C12H17BrFNS/c1-15-12(3-4-16-2)7-9-5-10(13)8-11(14)6-9/h5-6,8,12,15H,3-4,7H2,1-2H3. The minimum atomic E-state index is -0.177. The Bertz CT molecular complexity index is 313. The zero-order chi connectivity index (χ0) is 12.0. The lowest BCUT2D eigenvalue weighted by atomic mass is 10.0. The predicted molar refractivity (Wildman–Crippen MR) is 73.7 cm³/mol. The van der Waals surface area contributed by atoms with Crippen molar-refractivity contribution in [2.24, 2.45) is 0 Å². The van der Waals surface area contributed by atoms with Crippen LogP contribution >= 0.6 is 27.7 Å². The van der Waals surface area contributed by atoms with Crippen molar-refractivity contribution in [3.05, 3.63) is 34.1 Å². The van der Waals surface area contributed by atoms with Gasteiger partial charge >= 0.3 is 0 Å². The normalized spacial score (nSPS) is 12.8. The second-order valence-corrected chi connectivity index (χ2v) is 5.65. The van der Waals surface area contributed by atoms with Crippen LogP contribution in [0.5, 0.6) is 0 Å². The molecule has 16 heavy (non-hydrogen) atoms. The predicted octanol–water partition coefficient (Wildman–Crippen LogP) is 3.47. The van der Waals surface area contributed by atoms with Crippen LogP contribution in [0.15, 0.2) is 22.7 Å². The van der Waals surface area contributed by atoms with E-state index < -0.39 is 0 Å². The number of thioether (sulfide) groups is 1. The zero-order valence-electron chi connectivity index (χ0n) is 9.59. The molecule has 1 aromatic rings. The number of hydrogen-bond acceptors (Lipinski definition) is 2. The van der Waals surface area contributed by atoms with E-state index in [-0.39, 0.29) is 5.82 Å². The molecule has 0 aliphatic carbocycles. The average molecular weight is 306 g/mol. The summed E-state index contributed by atoms with van der Waals surface area (Å²) < 4.78 is 14.0. The first kappa shape index (κ1) is 14.0. The summed E-state index contributed by atoms with van der Waals surface area (Å²) in [5.74, 6) is 0.950. The van der Waals surface area contributed by atoms with Crippen molar-refractivity contribution in [2.75, 3.05) is 19.1 Å². The highest BCUT2D eigenvalue weighted by atomic mass is 79.9. The van der Waals surface area contributed by atoms with Crippen LogP contribution in [-0.2, 0) is 6.42 Å². The van der Waals surface area contributed by atoms with Gasteiger partial charge in [-0.3, -0.25) is 0 Å². The van der Waals surface area contributed by atoms with Crippen molar-refractivity contribution in [3.8, 4) is 0 Å². The molecular weight excluding hydrogens is 289 g/mol. The molecule has 90 valence electrons. The van der Waals surface area contributed by atoms with Crippen LogP contribution in [0.25, 0.3) is 0 Å². The molecule has 0 bridgehead atoms. The molecule has 1 aromatic carbocycles. The van der Waals surface area contributed by atoms with Gasteiger partial charge in [0.05, 0.1) is 0 Å². The van der Waals surface area contributed by atoms with Crippen LogP contribution in [0.3, 0.4) is 0 Å². The van der Waals surface area contributed by atoms with Crippen LogP contribution in [0.4, 0.5) is 4.39 Å². The maximum Gasteiger partial charge on any atom is 0.124 e. The SMILES string of the molecule is CNC(CCSC)Cc1cc(F)cc(Br)c1. The van der Waals surface area contributed by atoms with Gasteiger partial charge in [0.25, 0.3) is 0 Å². The topological polar surface area (TPSA) is 12.0 Å². The second kappa shape index (κ2) is 7.30. The van der Waals surface area contributed by atoms with E-state index in [4.69, 9.17) is 0 Å². The fourth-order valence-electron chi connectivity index (χ4n) is 1.62. The number of rotatable bonds is 6. The maximum atomic E-state index is 13.2. The van der Waals surface area contributed by atoms with Gasteiger partial charge in [0, 0.05) is 10.5 Å². The van der Waals surface area contributed by atoms with Gasteiger partial charge in [0.2, 0.25) is 0 Å². The number of benzene rings is 1. The first-order valence-electron chi connectivity index (χ1n) is 5.27. The molecule has 0 heterocycles. The van der Waals surface area contributed by atoms with E-state index >= 15 is 0 Å². The van der Waals surface area contributed by atoms with E-state index in [9.17, 15) is 4.39 Å². The van der Waals surface area contributed by atoms with Crippen molar-refractivity contribution in [1.29, 1.82) is 0 Å². The zero-order valence-corrected chi connectivity index (χ0v) is 12.0. The summed E-state index contributed by atoms with van der Waals surface area (Å²) in [6.07, 6.45) is 4.07. The van der Waals surface area contributed by atoms with E-state index in [2.05, 4.69) is 27.5 Å². The molecule has 0 aliphatic rings. The van der Waals surface area contributed by atoms with E-state index in [1.807, 2.05) is 24.9 Å². The first-order chi connectivity index (χ1) is 7.65. The third-order valence-electron chi connectivity index (χ3n) is 2.48. The van der Waals surface area contributed by atoms with Crippen LogP contribution in [0, 0.1) is 5.82 Å². The summed E-state index contributed by atoms with van der Waals surface area (Å²) in [5.41, 5.74) is 1.03. The quantitative estimate of drug-likeness (QED) is 0.863. The summed E-state index contributed by atoms with van der Waals surface area (Å²) in [4.78, 5) is 0. The molecule has 0 saturated heterocycles. The number of likely N-dealkylation sites (N-methyl/N-ethyl adjacent to an activating group) is 1. The summed E-state index contributed by atoms with van der Waals surface area (Å²) >= 11 is 5.15. The molecule has 1 nitrogen and oxygen atoms in total. The van der Waals surface area contributed by atoms with Gasteiger partial charge < -0.3 is 5.32 Å². The lowest BCUT2D eigenvalue weighted by Gasteiger charge is -2.15. The highest BCUT2D eigenvalue weighted by Gasteiger charge is 2.08. The minimum Gasteiger partial charge on any atom is -0.317 e. The summed E-state index contributed by atoms with van der Waals surface area (Å²) in [6, 6.07) is 5.49. The summed E-state index contributed by atoms with van der Waals surface area (Å²) in [7, 11) is 1.96. The monoisotopic (exact) mass is 305 g/mol. The third kappa shape index (κ3) is 4.85. The number of nitrogens with one attached hydrogen (secondary N) is 1. The molecule has 0 aromatic heterocycles. The Labute approximate surface area is 109 Å². The molecule has 0 amide bonds. The van der Waals surface area contributed by atoms with Crippen molar-refractivity contribution < 1.29 is 4.39 Å². The Balaban J connectivity index is 2.62. The Morgan fingerprint density at radius 2 is 2.19 bits per heavy atom. The van der Waals surface area contributed by atoms with Crippen LogP contribution < -0.4 is 5.32 Å². The van der Waals surface area contributed by atoms with Gasteiger partial charge in [-0.15, -0.1) is 0 Å². The molecule has 0 saturated carbocycles. The second-order valence-electron chi connectivity index (χ2n) is 3.75. The highest BCUT2D eigenvalue weighted by molar-refractivity contribution is 9.10. The lowest BCUT2D eigenvalue weighted by Crippen LogP contribution is -2.28. The number of halogens is 2. The van der Waals surface area contributed by atoms with E-state index in [0.717, 1.165) is 28.6 Å². The first-order valence-corrected chi connectivity index (χ1v) is 7.45. The van der Waals surface area contributed by atoms with Crippen LogP contribution in [0.2, 0.25) is 0 Å². The van der Waals surface area contributed by atoms with Gasteiger partial charge in [0.15, 0.2) is 0 Å². The molecule has 0 aliphatic heterocycles. The van der Waals surface area contributed by atoms with Gasteiger partial charge in [0.1, 0.15) is 5.82 Å². The third-order valence-corrected chi connectivity index (χ3v) is 3.58. The van der Waals surface area contributed by atoms with Gasteiger partial charge in [-0.05, 0) is 55.7 Å². The Hall–Kier alpha value is -0.0600. The minimum absolute atomic E-state index is 0.177.